The summed E-state index contributed by atoms with van der Waals surface area (Å²) in [5.74, 6) is 0.646. The van der Waals surface area contributed by atoms with Gasteiger partial charge in [0.25, 0.3) is 5.91 Å². The Morgan fingerprint density at radius 3 is 2.60 bits per heavy atom. The Morgan fingerprint density at radius 2 is 1.84 bits per heavy atom. The Labute approximate surface area is 157 Å². The maximum atomic E-state index is 12.7. The highest BCUT2D eigenvalue weighted by molar-refractivity contribution is 8.26. The van der Waals surface area contributed by atoms with Gasteiger partial charge in [-0.15, -0.1) is 0 Å². The molecule has 0 spiro atoms. The van der Waals surface area contributed by atoms with Crippen molar-refractivity contribution < 1.29 is 9.53 Å². The van der Waals surface area contributed by atoms with Gasteiger partial charge in [-0.1, -0.05) is 85.2 Å². The SMILES string of the molecule is C=CCOc1ccccc1/C=C1/SC(=S)N(Cc2ccccc2)C1=O. The van der Waals surface area contributed by atoms with Crippen LogP contribution in [0, 0.1) is 0 Å². The van der Waals surface area contributed by atoms with E-state index < -0.39 is 0 Å². The van der Waals surface area contributed by atoms with Gasteiger partial charge in [0, 0.05) is 5.56 Å². The van der Waals surface area contributed by atoms with E-state index in [0.717, 1.165) is 16.9 Å². The molecule has 2 aromatic carbocycles. The summed E-state index contributed by atoms with van der Waals surface area (Å²) in [6, 6.07) is 17.4. The summed E-state index contributed by atoms with van der Waals surface area (Å²) in [6.07, 6.45) is 3.53. The van der Waals surface area contributed by atoms with E-state index in [1.807, 2.05) is 60.7 Å². The van der Waals surface area contributed by atoms with Crippen molar-refractivity contribution in [3.05, 3.63) is 83.3 Å². The predicted molar refractivity (Wildman–Crippen MR) is 107 cm³/mol. The number of hydrogen-bond donors (Lipinski definition) is 0. The van der Waals surface area contributed by atoms with Crippen LogP contribution in [0.1, 0.15) is 11.1 Å². The van der Waals surface area contributed by atoms with Crippen LogP contribution in [0.25, 0.3) is 6.08 Å². The molecule has 1 aliphatic heterocycles. The molecule has 0 aliphatic carbocycles. The monoisotopic (exact) mass is 367 g/mol. The van der Waals surface area contributed by atoms with E-state index in [1.54, 1.807) is 11.0 Å². The largest absolute Gasteiger partial charge is 0.489 e. The van der Waals surface area contributed by atoms with E-state index in [2.05, 4.69) is 6.58 Å². The second kappa shape index (κ2) is 8.14. The van der Waals surface area contributed by atoms with Crippen molar-refractivity contribution in [1.82, 2.24) is 4.90 Å². The van der Waals surface area contributed by atoms with Crippen LogP contribution in [0.3, 0.4) is 0 Å². The van der Waals surface area contributed by atoms with Crippen molar-refractivity contribution >= 4 is 40.3 Å². The normalized spacial score (nSPS) is 15.7. The van der Waals surface area contributed by atoms with Crippen LogP contribution < -0.4 is 4.74 Å². The minimum absolute atomic E-state index is 0.0719. The maximum Gasteiger partial charge on any atom is 0.266 e. The molecule has 1 aliphatic rings. The highest BCUT2D eigenvalue weighted by Gasteiger charge is 2.32. The zero-order chi connectivity index (χ0) is 17.6. The first-order valence-corrected chi connectivity index (χ1v) is 9.03. The Morgan fingerprint density at radius 1 is 1.12 bits per heavy atom. The molecule has 0 unspecified atom stereocenters. The van der Waals surface area contributed by atoms with Crippen LogP contribution in [-0.4, -0.2) is 21.7 Å². The molecule has 0 atom stereocenters. The molecule has 1 heterocycles. The third-order valence-electron chi connectivity index (χ3n) is 3.62. The molecule has 1 amide bonds. The van der Waals surface area contributed by atoms with E-state index in [4.69, 9.17) is 17.0 Å². The molecule has 3 rings (SSSR count). The van der Waals surface area contributed by atoms with Crippen LogP contribution in [0.5, 0.6) is 5.75 Å². The summed E-state index contributed by atoms with van der Waals surface area (Å²) in [6.45, 7) is 4.56. The van der Waals surface area contributed by atoms with E-state index >= 15 is 0 Å². The number of rotatable bonds is 6. The standard InChI is InChI=1S/C20H17NO2S2/c1-2-12-23-17-11-7-6-10-16(17)13-18-19(22)21(20(24)25-18)14-15-8-4-3-5-9-15/h2-11,13H,1,12,14H2/b18-13+. The van der Waals surface area contributed by atoms with E-state index in [9.17, 15) is 4.79 Å². The number of ether oxygens (including phenoxy) is 1. The van der Waals surface area contributed by atoms with E-state index in [1.165, 1.54) is 11.8 Å². The quantitative estimate of drug-likeness (QED) is 0.422. The van der Waals surface area contributed by atoms with Gasteiger partial charge in [-0.3, -0.25) is 9.69 Å². The summed E-state index contributed by atoms with van der Waals surface area (Å²) in [5.41, 5.74) is 1.90. The molecular weight excluding hydrogens is 350 g/mol. The number of benzene rings is 2. The number of nitrogens with zero attached hydrogens (tertiary/aromatic N) is 1. The summed E-state index contributed by atoms with van der Waals surface area (Å²) in [4.78, 5) is 15.0. The van der Waals surface area contributed by atoms with Crippen LogP contribution in [0.15, 0.2) is 72.2 Å². The number of carbonyl (C=O) groups excluding carboxylic acids is 1. The minimum atomic E-state index is -0.0719. The zero-order valence-corrected chi connectivity index (χ0v) is 15.2. The lowest BCUT2D eigenvalue weighted by Crippen LogP contribution is -2.27. The predicted octanol–water partition coefficient (Wildman–Crippen LogP) is 4.65. The van der Waals surface area contributed by atoms with Gasteiger partial charge in [-0.05, 0) is 17.7 Å². The Kier molecular flexibility index (Phi) is 5.68. The Balaban J connectivity index is 1.82. The molecule has 0 radical (unpaired) electrons. The summed E-state index contributed by atoms with van der Waals surface area (Å²) >= 11 is 6.72. The first-order valence-electron chi connectivity index (χ1n) is 7.81. The van der Waals surface area contributed by atoms with Crippen LogP contribution in [-0.2, 0) is 11.3 Å². The first kappa shape index (κ1) is 17.5. The smallest absolute Gasteiger partial charge is 0.266 e. The van der Waals surface area contributed by atoms with Gasteiger partial charge in [0.15, 0.2) is 0 Å². The lowest BCUT2D eigenvalue weighted by molar-refractivity contribution is -0.122. The highest BCUT2D eigenvalue weighted by atomic mass is 32.2. The molecule has 1 saturated heterocycles. The second-order valence-corrected chi connectivity index (χ2v) is 7.07. The molecule has 5 heteroatoms. The van der Waals surface area contributed by atoms with Crippen LogP contribution in [0.4, 0.5) is 0 Å². The van der Waals surface area contributed by atoms with Crippen molar-refractivity contribution in [2.24, 2.45) is 0 Å². The number of carbonyl (C=O) groups is 1. The molecule has 3 nitrogen and oxygen atoms in total. The summed E-state index contributed by atoms with van der Waals surface area (Å²) < 4.78 is 6.23. The maximum absolute atomic E-state index is 12.7. The average molecular weight is 367 g/mol. The molecular formula is C20H17NO2S2. The van der Waals surface area contributed by atoms with Crippen LogP contribution in [0.2, 0.25) is 0 Å². The number of para-hydroxylation sites is 1. The topological polar surface area (TPSA) is 29.5 Å². The number of thioether (sulfide) groups is 1. The number of hydrogen-bond acceptors (Lipinski definition) is 4. The summed E-state index contributed by atoms with van der Waals surface area (Å²) in [7, 11) is 0. The summed E-state index contributed by atoms with van der Waals surface area (Å²) in [5, 5.41) is 0. The fourth-order valence-electron chi connectivity index (χ4n) is 2.42. The highest BCUT2D eigenvalue weighted by Crippen LogP contribution is 2.35. The van der Waals surface area contributed by atoms with Crippen molar-refractivity contribution in [2.45, 2.75) is 6.54 Å². The minimum Gasteiger partial charge on any atom is -0.489 e. The fraction of sp³-hybridized carbons (Fsp3) is 0.100. The first-order chi connectivity index (χ1) is 12.2. The fourth-order valence-corrected chi connectivity index (χ4v) is 3.67. The van der Waals surface area contributed by atoms with Gasteiger partial charge < -0.3 is 4.74 Å². The Hall–Kier alpha value is -2.37. The van der Waals surface area contributed by atoms with Crippen molar-refractivity contribution in [3.8, 4) is 5.75 Å². The van der Waals surface area contributed by atoms with Crippen molar-refractivity contribution in [3.63, 3.8) is 0 Å². The van der Waals surface area contributed by atoms with E-state index in [0.29, 0.717) is 22.4 Å². The van der Waals surface area contributed by atoms with Gasteiger partial charge in [-0.25, -0.2) is 0 Å². The van der Waals surface area contributed by atoms with Gasteiger partial charge in [0.1, 0.15) is 16.7 Å². The van der Waals surface area contributed by atoms with Gasteiger partial charge in [-0.2, -0.15) is 0 Å². The van der Waals surface area contributed by atoms with Crippen molar-refractivity contribution in [2.75, 3.05) is 6.61 Å². The lowest BCUT2D eigenvalue weighted by atomic mass is 10.1. The van der Waals surface area contributed by atoms with E-state index in [-0.39, 0.29) is 5.91 Å². The molecule has 126 valence electrons. The molecule has 1 fully saturated rings. The molecule has 0 N–H and O–H groups in total. The zero-order valence-electron chi connectivity index (χ0n) is 13.6. The number of amides is 1. The molecule has 25 heavy (non-hydrogen) atoms. The molecule has 0 bridgehead atoms. The second-order valence-electron chi connectivity index (χ2n) is 5.39. The number of thiocarbonyl (C=S) groups is 1. The van der Waals surface area contributed by atoms with Gasteiger partial charge in [0.2, 0.25) is 0 Å². The van der Waals surface area contributed by atoms with Gasteiger partial charge in [0.05, 0.1) is 11.4 Å². The van der Waals surface area contributed by atoms with Gasteiger partial charge >= 0.3 is 0 Å². The third-order valence-corrected chi connectivity index (χ3v) is 5.00. The Bertz CT molecular complexity index is 831. The van der Waals surface area contributed by atoms with Crippen molar-refractivity contribution in [1.29, 1.82) is 0 Å². The molecule has 0 saturated carbocycles. The lowest BCUT2D eigenvalue weighted by Gasteiger charge is -2.14. The molecule has 2 aromatic rings. The van der Waals surface area contributed by atoms with Crippen LogP contribution >= 0.6 is 24.0 Å². The average Bonchev–Trinajstić information content (AvgIpc) is 2.89. The molecule has 0 aromatic heterocycles. The third kappa shape index (κ3) is 4.18.